The van der Waals surface area contributed by atoms with Gasteiger partial charge in [-0.15, -0.1) is 11.3 Å². The third kappa shape index (κ3) is 2.16. The molecule has 2 N–H and O–H groups in total. The first kappa shape index (κ1) is 12.1. The normalized spacial score (nSPS) is 18.7. The number of aryl methyl sites for hydroxylation is 1. The Morgan fingerprint density at radius 1 is 1.44 bits per heavy atom. The van der Waals surface area contributed by atoms with E-state index in [0.717, 1.165) is 23.5 Å². The van der Waals surface area contributed by atoms with Crippen molar-refractivity contribution >= 4 is 22.9 Å². The Labute approximate surface area is 115 Å². The topological polar surface area (TPSA) is 51.8 Å². The minimum absolute atomic E-state index is 0.422. The van der Waals surface area contributed by atoms with Gasteiger partial charge in [-0.25, -0.2) is 4.98 Å². The van der Waals surface area contributed by atoms with E-state index in [4.69, 9.17) is 22.3 Å². The minimum Gasteiger partial charge on any atom is -0.330 e. The molecule has 0 fully saturated rings. The monoisotopic (exact) mass is 279 g/mol. The SMILES string of the molecule is NCC1CCCc2sc(-c3ccc(Cl)cn3)nc21. The van der Waals surface area contributed by atoms with Crippen LogP contribution in [0.5, 0.6) is 0 Å². The first-order valence-corrected chi connectivity index (χ1v) is 7.29. The van der Waals surface area contributed by atoms with Gasteiger partial charge in [0.25, 0.3) is 0 Å². The minimum atomic E-state index is 0.422. The molecular weight excluding hydrogens is 266 g/mol. The van der Waals surface area contributed by atoms with Crippen LogP contribution in [0.1, 0.15) is 29.3 Å². The summed E-state index contributed by atoms with van der Waals surface area (Å²) in [7, 11) is 0. The lowest BCUT2D eigenvalue weighted by atomic mass is 9.91. The summed E-state index contributed by atoms with van der Waals surface area (Å²) in [6, 6.07) is 3.77. The molecule has 2 aromatic heterocycles. The molecule has 3 rings (SSSR count). The first-order valence-electron chi connectivity index (χ1n) is 6.09. The molecule has 0 radical (unpaired) electrons. The van der Waals surface area contributed by atoms with Gasteiger partial charge in [0.15, 0.2) is 0 Å². The van der Waals surface area contributed by atoms with Crippen molar-refractivity contribution < 1.29 is 0 Å². The lowest BCUT2D eigenvalue weighted by molar-refractivity contribution is 0.554. The summed E-state index contributed by atoms with van der Waals surface area (Å²) in [5.74, 6) is 0.422. The lowest BCUT2D eigenvalue weighted by Gasteiger charge is -2.18. The average molecular weight is 280 g/mol. The zero-order valence-electron chi connectivity index (χ0n) is 9.90. The number of pyridine rings is 1. The molecule has 0 saturated heterocycles. The van der Waals surface area contributed by atoms with Gasteiger partial charge in [0.2, 0.25) is 0 Å². The largest absolute Gasteiger partial charge is 0.330 e. The van der Waals surface area contributed by atoms with Crippen molar-refractivity contribution in [3.8, 4) is 10.7 Å². The quantitative estimate of drug-likeness (QED) is 0.918. The van der Waals surface area contributed by atoms with Crippen LogP contribution in [0.25, 0.3) is 10.7 Å². The van der Waals surface area contributed by atoms with Gasteiger partial charge in [0, 0.05) is 23.5 Å². The molecule has 5 heteroatoms. The van der Waals surface area contributed by atoms with Crippen LogP contribution in [0.4, 0.5) is 0 Å². The number of halogens is 1. The highest BCUT2D eigenvalue weighted by molar-refractivity contribution is 7.15. The molecule has 1 aliphatic carbocycles. The molecule has 3 nitrogen and oxygen atoms in total. The van der Waals surface area contributed by atoms with Gasteiger partial charge < -0.3 is 5.73 Å². The van der Waals surface area contributed by atoms with Gasteiger partial charge in [-0.2, -0.15) is 0 Å². The molecule has 2 heterocycles. The maximum atomic E-state index is 5.85. The number of fused-ring (bicyclic) bond motifs is 1. The number of rotatable bonds is 2. The van der Waals surface area contributed by atoms with Gasteiger partial charge in [-0.05, 0) is 31.4 Å². The Kier molecular flexibility index (Phi) is 3.33. The van der Waals surface area contributed by atoms with Crippen molar-refractivity contribution in [1.29, 1.82) is 0 Å². The highest BCUT2D eigenvalue weighted by Gasteiger charge is 2.24. The molecule has 94 valence electrons. The maximum Gasteiger partial charge on any atom is 0.142 e. The fourth-order valence-corrected chi connectivity index (χ4v) is 3.63. The highest BCUT2D eigenvalue weighted by atomic mass is 35.5. The van der Waals surface area contributed by atoms with Crippen LogP contribution < -0.4 is 5.73 Å². The zero-order chi connectivity index (χ0) is 12.5. The molecule has 18 heavy (non-hydrogen) atoms. The number of nitrogens with two attached hydrogens (primary N) is 1. The second kappa shape index (κ2) is 4.96. The van der Waals surface area contributed by atoms with Crippen molar-refractivity contribution in [1.82, 2.24) is 9.97 Å². The Morgan fingerprint density at radius 2 is 2.33 bits per heavy atom. The van der Waals surface area contributed by atoms with E-state index in [1.807, 2.05) is 12.1 Å². The van der Waals surface area contributed by atoms with Crippen molar-refractivity contribution in [2.45, 2.75) is 25.2 Å². The number of nitrogens with zero attached hydrogens (tertiary/aromatic N) is 2. The van der Waals surface area contributed by atoms with E-state index < -0.39 is 0 Å². The van der Waals surface area contributed by atoms with Gasteiger partial charge >= 0.3 is 0 Å². The predicted molar refractivity (Wildman–Crippen MR) is 75.1 cm³/mol. The van der Waals surface area contributed by atoms with E-state index in [9.17, 15) is 0 Å². The molecule has 0 spiro atoms. The number of hydrogen-bond donors (Lipinski definition) is 1. The molecule has 0 amide bonds. The second-order valence-corrected chi connectivity index (χ2v) is 6.03. The fraction of sp³-hybridized carbons (Fsp3) is 0.385. The summed E-state index contributed by atoms with van der Waals surface area (Å²) < 4.78 is 0. The maximum absolute atomic E-state index is 5.85. The van der Waals surface area contributed by atoms with Crippen LogP contribution in [0, 0.1) is 0 Å². The summed E-state index contributed by atoms with van der Waals surface area (Å²) in [5, 5.41) is 1.64. The molecule has 1 aliphatic rings. The van der Waals surface area contributed by atoms with E-state index in [2.05, 4.69) is 4.98 Å². The van der Waals surface area contributed by atoms with Crippen LogP contribution >= 0.6 is 22.9 Å². The molecule has 0 saturated carbocycles. The first-order chi connectivity index (χ1) is 8.78. The Morgan fingerprint density at radius 3 is 3.06 bits per heavy atom. The molecule has 2 aromatic rings. The van der Waals surface area contributed by atoms with E-state index in [1.165, 1.54) is 17.0 Å². The summed E-state index contributed by atoms with van der Waals surface area (Å²) >= 11 is 7.59. The van der Waals surface area contributed by atoms with Crippen LogP contribution in [0.2, 0.25) is 5.02 Å². The van der Waals surface area contributed by atoms with Crippen LogP contribution in [-0.2, 0) is 6.42 Å². The Bertz CT molecular complexity index is 550. The third-order valence-corrected chi connectivity index (χ3v) is 4.68. The summed E-state index contributed by atoms with van der Waals surface area (Å²) in [5.41, 5.74) is 7.91. The Hall–Kier alpha value is -0.970. The highest BCUT2D eigenvalue weighted by Crippen LogP contribution is 2.37. The van der Waals surface area contributed by atoms with E-state index in [1.54, 1.807) is 17.5 Å². The molecule has 1 unspecified atom stereocenters. The lowest BCUT2D eigenvalue weighted by Crippen LogP contribution is -2.17. The number of hydrogen-bond acceptors (Lipinski definition) is 4. The number of aromatic nitrogens is 2. The van der Waals surface area contributed by atoms with Gasteiger partial charge in [0.1, 0.15) is 5.01 Å². The van der Waals surface area contributed by atoms with Crippen LogP contribution in [-0.4, -0.2) is 16.5 Å². The summed E-state index contributed by atoms with van der Waals surface area (Å²) in [6.07, 6.45) is 5.15. The zero-order valence-corrected chi connectivity index (χ0v) is 11.5. The van der Waals surface area contributed by atoms with Gasteiger partial charge in [0.05, 0.1) is 16.4 Å². The van der Waals surface area contributed by atoms with Gasteiger partial charge in [-0.3, -0.25) is 4.98 Å². The molecule has 0 aromatic carbocycles. The summed E-state index contributed by atoms with van der Waals surface area (Å²) in [4.78, 5) is 10.4. The standard InChI is InChI=1S/C13H14ClN3S/c14-9-4-5-10(16-7-9)13-17-12-8(6-15)2-1-3-11(12)18-13/h4-5,7-8H,1-3,6,15H2. The van der Waals surface area contributed by atoms with E-state index in [0.29, 0.717) is 17.5 Å². The van der Waals surface area contributed by atoms with Crippen molar-refractivity contribution in [2.75, 3.05) is 6.54 Å². The van der Waals surface area contributed by atoms with Gasteiger partial charge in [-0.1, -0.05) is 11.6 Å². The molecular formula is C13H14ClN3S. The number of thiazole rings is 1. The Balaban J connectivity index is 1.99. The smallest absolute Gasteiger partial charge is 0.142 e. The fourth-order valence-electron chi connectivity index (χ4n) is 2.35. The summed E-state index contributed by atoms with van der Waals surface area (Å²) in [6.45, 7) is 0.685. The van der Waals surface area contributed by atoms with Crippen molar-refractivity contribution in [3.05, 3.63) is 33.9 Å². The predicted octanol–water partition coefficient (Wildman–Crippen LogP) is 3.24. The second-order valence-electron chi connectivity index (χ2n) is 4.51. The van der Waals surface area contributed by atoms with Crippen LogP contribution in [0.15, 0.2) is 18.3 Å². The van der Waals surface area contributed by atoms with E-state index in [-0.39, 0.29) is 0 Å². The van der Waals surface area contributed by atoms with Crippen molar-refractivity contribution in [2.24, 2.45) is 5.73 Å². The van der Waals surface area contributed by atoms with E-state index >= 15 is 0 Å². The van der Waals surface area contributed by atoms with Crippen LogP contribution in [0.3, 0.4) is 0 Å². The molecule has 0 aliphatic heterocycles. The molecule has 0 bridgehead atoms. The average Bonchev–Trinajstić information content (AvgIpc) is 2.83. The molecule has 1 atom stereocenters. The third-order valence-electron chi connectivity index (χ3n) is 3.30. The van der Waals surface area contributed by atoms with Crippen molar-refractivity contribution in [3.63, 3.8) is 0 Å².